The van der Waals surface area contributed by atoms with Crippen LogP contribution in [0, 0.1) is 0 Å². The molecule has 0 saturated heterocycles. The average Bonchev–Trinajstić information content (AvgIpc) is 2.22. The zero-order chi connectivity index (χ0) is 14.1. The van der Waals surface area contributed by atoms with E-state index >= 15 is 0 Å². The molecule has 18 heavy (non-hydrogen) atoms. The van der Waals surface area contributed by atoms with Gasteiger partial charge in [-0.3, -0.25) is 9.59 Å². The Morgan fingerprint density at radius 3 is 2.22 bits per heavy atom. The molecule has 0 heterocycles. The van der Waals surface area contributed by atoms with E-state index in [2.05, 4.69) is 5.32 Å². The molecule has 3 amide bonds. The molecule has 0 aliphatic carbocycles. The van der Waals surface area contributed by atoms with E-state index in [0.29, 0.717) is 6.42 Å². The Kier molecular flexibility index (Phi) is 6.86. The Bertz CT molecular complexity index is 343. The van der Waals surface area contributed by atoms with Gasteiger partial charge < -0.3 is 26.6 Å². The van der Waals surface area contributed by atoms with Crippen molar-refractivity contribution < 1.29 is 29.4 Å². The van der Waals surface area contributed by atoms with E-state index in [-0.39, 0.29) is 13.0 Å². The van der Waals surface area contributed by atoms with Crippen LogP contribution in [-0.2, 0) is 14.4 Å². The Hall–Kier alpha value is -2.32. The number of carbonyl (C=O) groups is 4. The van der Waals surface area contributed by atoms with E-state index < -0.39 is 36.3 Å². The van der Waals surface area contributed by atoms with Crippen LogP contribution >= 0.6 is 0 Å². The molecule has 0 aliphatic rings. The third kappa shape index (κ3) is 7.91. The Labute approximate surface area is 102 Å². The summed E-state index contributed by atoms with van der Waals surface area (Å²) in [6, 6.07) is -2.31. The van der Waals surface area contributed by atoms with Crippen molar-refractivity contribution in [2.24, 2.45) is 5.73 Å². The van der Waals surface area contributed by atoms with Crippen molar-refractivity contribution in [1.82, 2.24) is 10.6 Å². The summed E-state index contributed by atoms with van der Waals surface area (Å²) in [4.78, 5) is 42.5. The zero-order valence-corrected chi connectivity index (χ0v) is 9.51. The van der Waals surface area contributed by atoms with Crippen molar-refractivity contribution >= 4 is 23.9 Å². The molecule has 1 atom stereocenters. The van der Waals surface area contributed by atoms with Gasteiger partial charge in [-0.1, -0.05) is 0 Å². The molecule has 0 aromatic heterocycles. The highest BCUT2D eigenvalue weighted by Gasteiger charge is 2.22. The summed E-state index contributed by atoms with van der Waals surface area (Å²) < 4.78 is 0. The molecule has 102 valence electrons. The molecule has 0 unspecified atom stereocenters. The quantitative estimate of drug-likeness (QED) is 0.333. The first-order chi connectivity index (χ1) is 8.32. The van der Waals surface area contributed by atoms with Crippen molar-refractivity contribution in [3.8, 4) is 0 Å². The first kappa shape index (κ1) is 15.7. The summed E-state index contributed by atoms with van der Waals surface area (Å²) in [6.45, 7) is 0.133. The van der Waals surface area contributed by atoms with Gasteiger partial charge in [0.2, 0.25) is 5.91 Å². The molecular formula is C9H15N3O6. The minimum Gasteiger partial charge on any atom is -0.481 e. The van der Waals surface area contributed by atoms with E-state index in [9.17, 15) is 19.2 Å². The number of amides is 3. The second kappa shape index (κ2) is 7.87. The van der Waals surface area contributed by atoms with Gasteiger partial charge in [0.05, 0.1) is 6.42 Å². The Morgan fingerprint density at radius 2 is 1.78 bits per heavy atom. The molecule has 0 radical (unpaired) electrons. The molecule has 0 saturated carbocycles. The van der Waals surface area contributed by atoms with Crippen molar-refractivity contribution in [3.63, 3.8) is 0 Å². The summed E-state index contributed by atoms with van der Waals surface area (Å²) in [5.41, 5.74) is 4.87. The maximum Gasteiger partial charge on any atom is 0.326 e. The number of carbonyl (C=O) groups excluding carboxylic acids is 2. The van der Waals surface area contributed by atoms with E-state index in [0.717, 1.165) is 0 Å². The molecule has 6 N–H and O–H groups in total. The Balaban J connectivity index is 3.99. The van der Waals surface area contributed by atoms with Gasteiger partial charge >= 0.3 is 18.0 Å². The number of rotatable bonds is 8. The van der Waals surface area contributed by atoms with Crippen LogP contribution in [0.15, 0.2) is 0 Å². The zero-order valence-electron chi connectivity index (χ0n) is 9.51. The molecule has 0 bridgehead atoms. The summed E-state index contributed by atoms with van der Waals surface area (Å²) in [5.74, 6) is -3.28. The molecule has 0 aromatic carbocycles. The van der Waals surface area contributed by atoms with E-state index in [1.807, 2.05) is 5.32 Å². The lowest BCUT2D eigenvalue weighted by Crippen LogP contribution is -2.47. The van der Waals surface area contributed by atoms with Gasteiger partial charge in [0.25, 0.3) is 0 Å². The molecule has 9 nitrogen and oxygen atoms in total. The maximum atomic E-state index is 11.2. The summed E-state index contributed by atoms with van der Waals surface area (Å²) in [7, 11) is 0. The van der Waals surface area contributed by atoms with Gasteiger partial charge in [-0.25, -0.2) is 9.59 Å². The predicted octanol–water partition coefficient (Wildman–Crippen LogP) is -1.52. The number of hydrogen-bond donors (Lipinski definition) is 5. The number of carboxylic acid groups (broad SMARTS) is 2. The fourth-order valence-electron chi connectivity index (χ4n) is 1.05. The maximum absolute atomic E-state index is 11.2. The van der Waals surface area contributed by atoms with Crippen LogP contribution in [-0.4, -0.2) is 46.7 Å². The van der Waals surface area contributed by atoms with Crippen LogP contribution in [0.5, 0.6) is 0 Å². The number of aliphatic carboxylic acids is 2. The monoisotopic (exact) mass is 261 g/mol. The molecule has 0 aromatic rings. The molecule has 0 fully saturated rings. The lowest BCUT2D eigenvalue weighted by atomic mass is 10.2. The minimum absolute atomic E-state index is 0.0950. The smallest absolute Gasteiger partial charge is 0.326 e. The van der Waals surface area contributed by atoms with E-state index in [1.54, 1.807) is 0 Å². The van der Waals surface area contributed by atoms with Gasteiger partial charge in [-0.05, 0) is 6.42 Å². The highest BCUT2D eigenvalue weighted by atomic mass is 16.4. The molecular weight excluding hydrogens is 246 g/mol. The largest absolute Gasteiger partial charge is 0.481 e. The lowest BCUT2D eigenvalue weighted by Gasteiger charge is -2.12. The second-order valence-corrected chi connectivity index (χ2v) is 3.46. The minimum atomic E-state index is -1.50. The van der Waals surface area contributed by atoms with E-state index in [4.69, 9.17) is 15.9 Å². The van der Waals surface area contributed by atoms with Crippen LogP contribution in [0.1, 0.15) is 19.3 Å². The standard InChI is InChI=1S/C9H15N3O6/c10-6(13)2-1-3-11-9(18)12-5(8(16)17)4-7(14)15/h5H,1-4H2,(H2,10,13)(H,14,15)(H,16,17)(H2,11,12,18)/t5-/m0/s1. The van der Waals surface area contributed by atoms with Crippen LogP contribution in [0.4, 0.5) is 4.79 Å². The normalized spacial score (nSPS) is 11.3. The number of nitrogens with two attached hydrogens (primary N) is 1. The number of nitrogens with one attached hydrogen (secondary N) is 2. The SMILES string of the molecule is NC(=O)CCCNC(=O)N[C@@H](CC(=O)O)C(=O)O. The molecule has 9 heteroatoms. The first-order valence-electron chi connectivity index (χ1n) is 5.10. The third-order valence-corrected chi connectivity index (χ3v) is 1.87. The highest BCUT2D eigenvalue weighted by molar-refractivity contribution is 5.86. The van der Waals surface area contributed by atoms with Crippen molar-refractivity contribution in [1.29, 1.82) is 0 Å². The number of urea groups is 1. The number of hydrogen-bond acceptors (Lipinski definition) is 4. The van der Waals surface area contributed by atoms with Crippen LogP contribution < -0.4 is 16.4 Å². The molecule has 0 aliphatic heterocycles. The molecule has 0 rings (SSSR count). The second-order valence-electron chi connectivity index (χ2n) is 3.46. The van der Waals surface area contributed by atoms with E-state index in [1.165, 1.54) is 0 Å². The fourth-order valence-corrected chi connectivity index (χ4v) is 1.05. The predicted molar refractivity (Wildman–Crippen MR) is 58.6 cm³/mol. The topological polar surface area (TPSA) is 159 Å². The molecule has 0 spiro atoms. The Morgan fingerprint density at radius 1 is 1.17 bits per heavy atom. The van der Waals surface area contributed by atoms with Gasteiger partial charge in [-0.15, -0.1) is 0 Å². The van der Waals surface area contributed by atoms with Crippen LogP contribution in [0.25, 0.3) is 0 Å². The number of carboxylic acids is 2. The van der Waals surface area contributed by atoms with Gasteiger partial charge in [0.1, 0.15) is 6.04 Å². The summed E-state index contributed by atoms with van der Waals surface area (Å²) in [6.07, 6.45) is -0.304. The van der Waals surface area contributed by atoms with Crippen LogP contribution in [0.2, 0.25) is 0 Å². The van der Waals surface area contributed by atoms with Gasteiger partial charge in [0.15, 0.2) is 0 Å². The van der Waals surface area contributed by atoms with Crippen molar-refractivity contribution in [3.05, 3.63) is 0 Å². The van der Waals surface area contributed by atoms with Crippen molar-refractivity contribution in [2.75, 3.05) is 6.54 Å². The summed E-state index contributed by atoms with van der Waals surface area (Å²) >= 11 is 0. The van der Waals surface area contributed by atoms with Gasteiger partial charge in [0, 0.05) is 13.0 Å². The third-order valence-electron chi connectivity index (χ3n) is 1.87. The lowest BCUT2D eigenvalue weighted by molar-refractivity contribution is -0.145. The van der Waals surface area contributed by atoms with Crippen molar-refractivity contribution in [2.45, 2.75) is 25.3 Å². The fraction of sp³-hybridized carbons (Fsp3) is 0.556. The van der Waals surface area contributed by atoms with Crippen LogP contribution in [0.3, 0.4) is 0 Å². The number of primary amides is 1. The summed E-state index contributed by atoms with van der Waals surface area (Å²) in [5, 5.41) is 21.4. The highest BCUT2D eigenvalue weighted by Crippen LogP contribution is 1.93. The van der Waals surface area contributed by atoms with Gasteiger partial charge in [-0.2, -0.15) is 0 Å². The first-order valence-corrected chi connectivity index (χ1v) is 5.10. The average molecular weight is 261 g/mol.